The Morgan fingerprint density at radius 1 is 1.10 bits per heavy atom. The SMILES string of the molecule is O=C(NC1CCCCC1)NS(=O)(=O)c1ccc(CCNC(=O)n2cccn2)cc1. The normalized spacial score (nSPS) is 14.9. The molecule has 10 heteroatoms. The number of amides is 3. The Bertz CT molecular complexity index is 920. The first-order valence-electron chi connectivity index (χ1n) is 9.64. The van der Waals surface area contributed by atoms with Crippen molar-refractivity contribution < 1.29 is 18.0 Å². The van der Waals surface area contributed by atoms with Gasteiger partial charge in [-0.05, 0) is 43.0 Å². The van der Waals surface area contributed by atoms with E-state index < -0.39 is 16.1 Å². The van der Waals surface area contributed by atoms with Crippen molar-refractivity contribution in [3.8, 4) is 0 Å². The Labute approximate surface area is 169 Å². The maximum atomic E-state index is 12.4. The molecule has 1 saturated carbocycles. The van der Waals surface area contributed by atoms with E-state index in [-0.39, 0.29) is 17.0 Å². The van der Waals surface area contributed by atoms with Gasteiger partial charge in [-0.25, -0.2) is 22.7 Å². The molecule has 9 nitrogen and oxygen atoms in total. The lowest BCUT2D eigenvalue weighted by Gasteiger charge is -2.22. The monoisotopic (exact) mass is 419 g/mol. The quantitative estimate of drug-likeness (QED) is 0.661. The molecule has 0 atom stereocenters. The van der Waals surface area contributed by atoms with Crippen LogP contribution in [0.3, 0.4) is 0 Å². The lowest BCUT2D eigenvalue weighted by atomic mass is 9.96. The van der Waals surface area contributed by atoms with Crippen LogP contribution < -0.4 is 15.4 Å². The Balaban J connectivity index is 1.48. The van der Waals surface area contributed by atoms with Gasteiger partial charge in [-0.3, -0.25) is 0 Å². The third-order valence-corrected chi connectivity index (χ3v) is 6.15. The first-order chi connectivity index (χ1) is 13.9. The summed E-state index contributed by atoms with van der Waals surface area (Å²) < 4.78 is 28.0. The molecule has 0 aliphatic heterocycles. The van der Waals surface area contributed by atoms with E-state index in [0.717, 1.165) is 37.7 Å². The zero-order valence-corrected chi connectivity index (χ0v) is 16.8. The molecule has 1 aromatic carbocycles. The summed E-state index contributed by atoms with van der Waals surface area (Å²) >= 11 is 0. The molecule has 3 rings (SSSR count). The van der Waals surface area contributed by atoms with Gasteiger partial charge >= 0.3 is 12.1 Å². The van der Waals surface area contributed by atoms with Gasteiger partial charge in [0.25, 0.3) is 10.0 Å². The third kappa shape index (κ3) is 6.05. The van der Waals surface area contributed by atoms with E-state index in [1.807, 2.05) is 0 Å². The lowest BCUT2D eigenvalue weighted by molar-refractivity contribution is 0.237. The summed E-state index contributed by atoms with van der Waals surface area (Å²) in [5.74, 6) is 0. The van der Waals surface area contributed by atoms with E-state index in [1.165, 1.54) is 23.0 Å². The van der Waals surface area contributed by atoms with Crippen LogP contribution in [0.15, 0.2) is 47.6 Å². The van der Waals surface area contributed by atoms with Gasteiger partial charge in [0.15, 0.2) is 0 Å². The molecule has 1 aliphatic carbocycles. The smallest absolute Gasteiger partial charge is 0.336 e. The van der Waals surface area contributed by atoms with Crippen molar-refractivity contribution in [2.45, 2.75) is 49.5 Å². The largest absolute Gasteiger partial charge is 0.342 e. The average Bonchev–Trinajstić information content (AvgIpc) is 3.23. The van der Waals surface area contributed by atoms with Crippen molar-refractivity contribution in [3.05, 3.63) is 48.3 Å². The summed E-state index contributed by atoms with van der Waals surface area (Å²) in [6, 6.07) is 6.87. The van der Waals surface area contributed by atoms with Crippen LogP contribution in [0.5, 0.6) is 0 Å². The zero-order chi connectivity index (χ0) is 20.7. The number of nitrogens with zero attached hydrogens (tertiary/aromatic N) is 2. The van der Waals surface area contributed by atoms with Crippen molar-refractivity contribution in [1.82, 2.24) is 25.1 Å². The Morgan fingerprint density at radius 2 is 1.83 bits per heavy atom. The molecule has 156 valence electrons. The topological polar surface area (TPSA) is 122 Å². The van der Waals surface area contributed by atoms with Crippen molar-refractivity contribution in [2.75, 3.05) is 6.54 Å². The molecule has 0 bridgehead atoms. The fraction of sp³-hybridized carbons (Fsp3) is 0.421. The van der Waals surface area contributed by atoms with E-state index in [0.29, 0.717) is 13.0 Å². The number of sulfonamides is 1. The summed E-state index contributed by atoms with van der Waals surface area (Å²) in [5.41, 5.74) is 0.858. The number of benzene rings is 1. The minimum absolute atomic E-state index is 0.0145. The van der Waals surface area contributed by atoms with Crippen LogP contribution in [0.4, 0.5) is 9.59 Å². The molecular weight excluding hydrogens is 394 g/mol. The number of nitrogens with one attached hydrogen (secondary N) is 3. The van der Waals surface area contributed by atoms with Gasteiger partial charge < -0.3 is 10.6 Å². The van der Waals surface area contributed by atoms with E-state index in [1.54, 1.807) is 24.4 Å². The van der Waals surface area contributed by atoms with Crippen LogP contribution in [0.2, 0.25) is 0 Å². The molecule has 1 fully saturated rings. The second kappa shape index (κ2) is 9.55. The van der Waals surface area contributed by atoms with Crippen LogP contribution in [0.25, 0.3) is 0 Å². The average molecular weight is 420 g/mol. The first-order valence-corrected chi connectivity index (χ1v) is 11.1. The number of aromatic nitrogens is 2. The Hall–Kier alpha value is -2.88. The molecule has 1 aliphatic rings. The molecule has 0 saturated heterocycles. The van der Waals surface area contributed by atoms with E-state index in [4.69, 9.17) is 0 Å². The summed E-state index contributed by atoms with van der Waals surface area (Å²) in [6.45, 7) is 0.382. The molecule has 1 heterocycles. The molecule has 29 heavy (non-hydrogen) atoms. The van der Waals surface area contributed by atoms with Gasteiger partial charge in [0.2, 0.25) is 0 Å². The minimum atomic E-state index is -3.93. The highest BCUT2D eigenvalue weighted by Gasteiger charge is 2.21. The minimum Gasteiger partial charge on any atom is -0.336 e. The van der Waals surface area contributed by atoms with Crippen molar-refractivity contribution >= 4 is 22.1 Å². The van der Waals surface area contributed by atoms with Gasteiger partial charge in [0.1, 0.15) is 0 Å². The highest BCUT2D eigenvalue weighted by Crippen LogP contribution is 2.17. The van der Waals surface area contributed by atoms with E-state index in [2.05, 4.69) is 20.5 Å². The first kappa shape index (κ1) is 20.8. The fourth-order valence-electron chi connectivity index (χ4n) is 3.26. The van der Waals surface area contributed by atoms with Gasteiger partial charge in [0.05, 0.1) is 4.90 Å². The second-order valence-corrected chi connectivity index (χ2v) is 8.67. The molecular formula is C19H25N5O4S. The van der Waals surface area contributed by atoms with Crippen molar-refractivity contribution in [3.63, 3.8) is 0 Å². The summed E-state index contributed by atoms with van der Waals surface area (Å²) in [5, 5.41) is 9.29. The van der Waals surface area contributed by atoms with Crippen LogP contribution >= 0.6 is 0 Å². The second-order valence-electron chi connectivity index (χ2n) is 6.99. The summed E-state index contributed by atoms with van der Waals surface area (Å²) in [6.07, 6.45) is 8.58. The van der Waals surface area contributed by atoms with Crippen LogP contribution in [-0.4, -0.2) is 42.8 Å². The molecule has 3 N–H and O–H groups in total. The molecule has 0 spiro atoms. The Kier molecular flexibility index (Phi) is 6.86. The fourth-order valence-corrected chi connectivity index (χ4v) is 4.18. The van der Waals surface area contributed by atoms with Gasteiger partial charge in [-0.1, -0.05) is 31.4 Å². The molecule has 3 amide bonds. The van der Waals surface area contributed by atoms with Gasteiger partial charge in [-0.2, -0.15) is 9.78 Å². The predicted octanol–water partition coefficient (Wildman–Crippen LogP) is 2.00. The third-order valence-electron chi connectivity index (χ3n) is 4.80. The molecule has 0 unspecified atom stereocenters. The zero-order valence-electron chi connectivity index (χ0n) is 16.0. The number of carbonyl (C=O) groups is 2. The number of carbonyl (C=O) groups excluding carboxylic acids is 2. The van der Waals surface area contributed by atoms with Crippen molar-refractivity contribution in [1.29, 1.82) is 0 Å². The van der Waals surface area contributed by atoms with Crippen LogP contribution in [0.1, 0.15) is 37.7 Å². The van der Waals surface area contributed by atoms with Crippen molar-refractivity contribution in [2.24, 2.45) is 0 Å². The van der Waals surface area contributed by atoms with Gasteiger partial charge in [0, 0.05) is 25.0 Å². The molecule has 0 radical (unpaired) electrons. The standard InChI is InChI=1S/C19H25N5O4S/c25-18(22-16-5-2-1-3-6-16)23-29(27,28)17-9-7-15(8-10-17)11-13-20-19(26)24-14-4-12-21-24/h4,7-10,12,14,16H,1-3,5-6,11,13H2,(H,20,26)(H2,22,23,25). The number of hydrogen-bond acceptors (Lipinski definition) is 5. The van der Waals surface area contributed by atoms with Crippen LogP contribution in [0, 0.1) is 0 Å². The summed E-state index contributed by atoms with van der Waals surface area (Å²) in [4.78, 5) is 23.8. The lowest BCUT2D eigenvalue weighted by Crippen LogP contribution is -2.45. The predicted molar refractivity (Wildman–Crippen MR) is 107 cm³/mol. The van der Waals surface area contributed by atoms with E-state index >= 15 is 0 Å². The molecule has 1 aromatic heterocycles. The summed E-state index contributed by atoms with van der Waals surface area (Å²) in [7, 11) is -3.93. The highest BCUT2D eigenvalue weighted by atomic mass is 32.2. The molecule has 2 aromatic rings. The number of hydrogen-bond donors (Lipinski definition) is 3. The van der Waals surface area contributed by atoms with Gasteiger partial charge in [-0.15, -0.1) is 0 Å². The number of rotatable bonds is 6. The maximum absolute atomic E-state index is 12.4. The van der Waals surface area contributed by atoms with Crippen LogP contribution in [-0.2, 0) is 16.4 Å². The number of urea groups is 1. The highest BCUT2D eigenvalue weighted by molar-refractivity contribution is 7.90. The Morgan fingerprint density at radius 3 is 2.48 bits per heavy atom. The van der Waals surface area contributed by atoms with E-state index in [9.17, 15) is 18.0 Å². The maximum Gasteiger partial charge on any atom is 0.342 e.